The molecule has 1 N–H and O–H groups in total. The summed E-state index contributed by atoms with van der Waals surface area (Å²) in [6.07, 6.45) is 4.13. The van der Waals surface area contributed by atoms with Crippen LogP contribution in [-0.4, -0.2) is 28.9 Å². The molecule has 0 saturated carbocycles. The number of rotatable bonds is 5. The fourth-order valence-electron chi connectivity index (χ4n) is 1.80. The lowest BCUT2D eigenvalue weighted by Crippen LogP contribution is -2.25. The quantitative estimate of drug-likeness (QED) is 0.862. The van der Waals surface area contributed by atoms with Crippen LogP contribution in [0.3, 0.4) is 0 Å². The van der Waals surface area contributed by atoms with Gasteiger partial charge in [-0.3, -0.25) is 4.79 Å². The monoisotopic (exact) mass is 305 g/mol. The van der Waals surface area contributed by atoms with Gasteiger partial charge < -0.3 is 14.4 Å². The molecule has 2 aromatic heterocycles. The molecule has 2 aromatic rings. The van der Waals surface area contributed by atoms with Crippen molar-refractivity contribution in [3.8, 4) is 0 Å². The summed E-state index contributed by atoms with van der Waals surface area (Å²) in [7, 11) is 1.72. The van der Waals surface area contributed by atoms with E-state index in [1.165, 1.54) is 17.4 Å². The van der Waals surface area contributed by atoms with E-state index in [1.807, 2.05) is 13.0 Å². The molecule has 0 aliphatic rings. The molecule has 6 heteroatoms. The van der Waals surface area contributed by atoms with Crippen LogP contribution >= 0.6 is 11.3 Å². The van der Waals surface area contributed by atoms with Crippen molar-refractivity contribution in [2.75, 3.05) is 7.05 Å². The number of hydrogen-bond acceptors (Lipinski definition) is 4. The lowest BCUT2D eigenvalue weighted by molar-refractivity contribution is -0.131. The van der Waals surface area contributed by atoms with Gasteiger partial charge in [-0.15, -0.1) is 11.3 Å². The number of carboxylic acids is 1. The van der Waals surface area contributed by atoms with Gasteiger partial charge in [-0.2, -0.15) is 0 Å². The Morgan fingerprint density at radius 3 is 2.76 bits per heavy atom. The third kappa shape index (κ3) is 3.82. The summed E-state index contributed by atoms with van der Waals surface area (Å²) >= 11 is 1.26. The predicted octanol–water partition coefficient (Wildman–Crippen LogP) is 3.02. The van der Waals surface area contributed by atoms with E-state index in [4.69, 9.17) is 9.52 Å². The van der Waals surface area contributed by atoms with Gasteiger partial charge in [0, 0.05) is 30.1 Å². The Kier molecular flexibility index (Phi) is 4.59. The van der Waals surface area contributed by atoms with Crippen molar-refractivity contribution < 1.29 is 19.1 Å². The highest BCUT2D eigenvalue weighted by Gasteiger charge is 2.15. The first-order valence-electron chi connectivity index (χ1n) is 6.26. The molecule has 0 atom stereocenters. The zero-order chi connectivity index (χ0) is 15.4. The van der Waals surface area contributed by atoms with E-state index < -0.39 is 5.97 Å². The van der Waals surface area contributed by atoms with Gasteiger partial charge in [0.25, 0.3) is 5.91 Å². The number of carbonyl (C=O) groups is 2. The van der Waals surface area contributed by atoms with Crippen LogP contribution in [0.25, 0.3) is 6.08 Å². The molecule has 2 heterocycles. The maximum Gasteiger partial charge on any atom is 0.328 e. The fraction of sp³-hybridized carbons (Fsp3) is 0.200. The van der Waals surface area contributed by atoms with E-state index in [0.29, 0.717) is 11.4 Å². The SMILES string of the molecule is Cc1occc1CN(C)C(=O)c1ccc(C=CC(=O)O)s1. The molecule has 0 aliphatic heterocycles. The van der Waals surface area contributed by atoms with E-state index in [0.717, 1.165) is 22.3 Å². The first-order valence-corrected chi connectivity index (χ1v) is 7.08. The van der Waals surface area contributed by atoms with E-state index >= 15 is 0 Å². The Hall–Kier alpha value is -2.34. The molecule has 0 spiro atoms. The van der Waals surface area contributed by atoms with E-state index in [2.05, 4.69) is 0 Å². The molecule has 0 saturated heterocycles. The van der Waals surface area contributed by atoms with Gasteiger partial charge in [-0.1, -0.05) is 0 Å². The molecule has 0 unspecified atom stereocenters. The molecular weight excluding hydrogens is 290 g/mol. The summed E-state index contributed by atoms with van der Waals surface area (Å²) in [4.78, 5) is 25.7. The van der Waals surface area contributed by atoms with Crippen LogP contribution in [0.2, 0.25) is 0 Å². The number of thiophene rings is 1. The first-order chi connectivity index (χ1) is 9.97. The van der Waals surface area contributed by atoms with Gasteiger partial charge in [-0.25, -0.2) is 4.79 Å². The van der Waals surface area contributed by atoms with Crippen molar-refractivity contribution in [2.45, 2.75) is 13.5 Å². The molecule has 1 amide bonds. The molecule has 5 nitrogen and oxygen atoms in total. The molecule has 21 heavy (non-hydrogen) atoms. The van der Waals surface area contributed by atoms with Gasteiger partial charge in [-0.05, 0) is 31.2 Å². The molecule has 2 rings (SSSR count). The number of aliphatic carboxylic acids is 1. The topological polar surface area (TPSA) is 70.8 Å². The third-order valence-corrected chi connectivity index (χ3v) is 3.99. The normalized spacial score (nSPS) is 11.0. The zero-order valence-electron chi connectivity index (χ0n) is 11.7. The largest absolute Gasteiger partial charge is 0.478 e. The van der Waals surface area contributed by atoms with Crippen molar-refractivity contribution >= 4 is 29.3 Å². The number of amides is 1. The number of hydrogen-bond donors (Lipinski definition) is 1. The molecule has 0 radical (unpaired) electrons. The maximum absolute atomic E-state index is 12.3. The Bertz CT molecular complexity index is 683. The Labute approximate surface area is 126 Å². The zero-order valence-corrected chi connectivity index (χ0v) is 12.5. The highest BCUT2D eigenvalue weighted by Crippen LogP contribution is 2.20. The van der Waals surface area contributed by atoms with Crippen LogP contribution in [0.1, 0.15) is 25.9 Å². The number of nitrogens with zero attached hydrogens (tertiary/aromatic N) is 1. The van der Waals surface area contributed by atoms with Gasteiger partial charge in [0.2, 0.25) is 0 Å². The van der Waals surface area contributed by atoms with Crippen molar-refractivity contribution in [2.24, 2.45) is 0 Å². The molecule has 0 aromatic carbocycles. The van der Waals surface area contributed by atoms with Crippen LogP contribution in [0.15, 0.2) is 35.0 Å². The summed E-state index contributed by atoms with van der Waals surface area (Å²) in [6.45, 7) is 2.33. The molecule has 0 bridgehead atoms. The van der Waals surface area contributed by atoms with Crippen LogP contribution in [0, 0.1) is 6.92 Å². The third-order valence-electron chi connectivity index (χ3n) is 2.95. The van der Waals surface area contributed by atoms with Crippen molar-refractivity contribution in [3.05, 3.63) is 51.6 Å². The van der Waals surface area contributed by atoms with Gasteiger partial charge in [0.05, 0.1) is 11.1 Å². The summed E-state index contributed by atoms with van der Waals surface area (Å²) in [5.74, 6) is -0.315. The first kappa shape index (κ1) is 15.1. The summed E-state index contributed by atoms with van der Waals surface area (Å²) < 4.78 is 5.21. The van der Waals surface area contributed by atoms with Gasteiger partial charge >= 0.3 is 5.97 Å². The second-order valence-corrected chi connectivity index (χ2v) is 5.65. The lowest BCUT2D eigenvalue weighted by Gasteiger charge is -2.15. The number of aryl methyl sites for hydroxylation is 1. The lowest BCUT2D eigenvalue weighted by atomic mass is 10.2. The summed E-state index contributed by atoms with van der Waals surface area (Å²) in [5.41, 5.74) is 0.966. The fourth-order valence-corrected chi connectivity index (χ4v) is 2.71. The van der Waals surface area contributed by atoms with E-state index in [1.54, 1.807) is 30.3 Å². The van der Waals surface area contributed by atoms with Gasteiger partial charge in [0.15, 0.2) is 0 Å². The smallest absolute Gasteiger partial charge is 0.328 e. The second-order valence-electron chi connectivity index (χ2n) is 4.54. The van der Waals surface area contributed by atoms with Gasteiger partial charge in [0.1, 0.15) is 5.76 Å². The number of carbonyl (C=O) groups excluding carboxylic acids is 1. The highest BCUT2D eigenvalue weighted by atomic mass is 32.1. The van der Waals surface area contributed by atoms with E-state index in [-0.39, 0.29) is 5.91 Å². The van der Waals surface area contributed by atoms with Crippen LogP contribution in [0.4, 0.5) is 0 Å². The minimum absolute atomic E-state index is 0.101. The average Bonchev–Trinajstić information content (AvgIpc) is 3.05. The predicted molar refractivity (Wildman–Crippen MR) is 80.2 cm³/mol. The Morgan fingerprint density at radius 1 is 1.38 bits per heavy atom. The minimum Gasteiger partial charge on any atom is -0.478 e. The van der Waals surface area contributed by atoms with Crippen molar-refractivity contribution in [3.63, 3.8) is 0 Å². The molecule has 0 aliphatic carbocycles. The molecular formula is C15H15NO4S. The number of furan rings is 1. The standard InChI is InChI=1S/C15H15NO4S/c1-10-11(7-8-20-10)9-16(2)15(19)13-5-3-12(21-13)4-6-14(17)18/h3-8H,9H2,1-2H3,(H,17,18). The molecule has 0 fully saturated rings. The van der Waals surface area contributed by atoms with Crippen LogP contribution in [0.5, 0.6) is 0 Å². The van der Waals surface area contributed by atoms with Crippen molar-refractivity contribution in [1.29, 1.82) is 0 Å². The Balaban J connectivity index is 2.06. The number of carboxylic acid groups (broad SMARTS) is 1. The molecule has 110 valence electrons. The van der Waals surface area contributed by atoms with Crippen LogP contribution < -0.4 is 0 Å². The second kappa shape index (κ2) is 6.41. The maximum atomic E-state index is 12.3. The minimum atomic E-state index is -1.01. The Morgan fingerprint density at radius 2 is 2.14 bits per heavy atom. The summed E-state index contributed by atoms with van der Waals surface area (Å²) in [6, 6.07) is 5.27. The van der Waals surface area contributed by atoms with Crippen molar-refractivity contribution in [1.82, 2.24) is 4.90 Å². The summed E-state index contributed by atoms with van der Waals surface area (Å²) in [5, 5.41) is 8.58. The highest BCUT2D eigenvalue weighted by molar-refractivity contribution is 7.14. The van der Waals surface area contributed by atoms with E-state index in [9.17, 15) is 9.59 Å². The average molecular weight is 305 g/mol. The van der Waals surface area contributed by atoms with Crippen LogP contribution in [-0.2, 0) is 11.3 Å².